The van der Waals surface area contributed by atoms with Crippen LogP contribution in [0.4, 0.5) is 0 Å². The predicted molar refractivity (Wildman–Crippen MR) is 68.8 cm³/mol. The Morgan fingerprint density at radius 1 is 1.50 bits per heavy atom. The van der Waals surface area contributed by atoms with Gasteiger partial charge in [-0.1, -0.05) is 6.92 Å². The molecule has 16 heavy (non-hydrogen) atoms. The Kier molecular flexibility index (Phi) is 6.88. The quantitative estimate of drug-likeness (QED) is 0.529. The number of carbonyl (C=O) groups excluding carboxylic acids is 1. The minimum absolute atomic E-state index is 0.00431. The first kappa shape index (κ1) is 13.8. The van der Waals surface area contributed by atoms with Crippen LogP contribution in [0.1, 0.15) is 26.7 Å². The number of esters is 1. The van der Waals surface area contributed by atoms with Gasteiger partial charge in [0.25, 0.3) is 0 Å². The molecular formula is C12H23NO2S. The second-order valence-electron chi connectivity index (χ2n) is 4.09. The number of likely N-dealkylation sites (tertiary alicyclic amines) is 1. The van der Waals surface area contributed by atoms with E-state index in [1.54, 1.807) is 0 Å². The summed E-state index contributed by atoms with van der Waals surface area (Å²) in [6.07, 6.45) is 2.12. The van der Waals surface area contributed by atoms with Crippen molar-refractivity contribution in [2.45, 2.75) is 26.7 Å². The van der Waals surface area contributed by atoms with Gasteiger partial charge in [0.2, 0.25) is 0 Å². The fraction of sp³-hybridized carbons (Fsp3) is 0.917. The van der Waals surface area contributed by atoms with Crippen molar-refractivity contribution in [3.8, 4) is 0 Å². The van der Waals surface area contributed by atoms with E-state index in [4.69, 9.17) is 4.74 Å². The molecule has 0 radical (unpaired) electrons. The largest absolute Gasteiger partial charge is 0.466 e. The van der Waals surface area contributed by atoms with Crippen LogP contribution in [0.3, 0.4) is 0 Å². The summed E-state index contributed by atoms with van der Waals surface area (Å²) in [6.45, 7) is 7.69. The van der Waals surface area contributed by atoms with Crippen LogP contribution >= 0.6 is 11.8 Å². The third-order valence-electron chi connectivity index (χ3n) is 2.88. The Balaban J connectivity index is 2.26. The molecule has 0 amide bonds. The monoisotopic (exact) mass is 245 g/mol. The lowest BCUT2D eigenvalue weighted by Gasteiger charge is -2.31. The summed E-state index contributed by atoms with van der Waals surface area (Å²) < 4.78 is 5.08. The van der Waals surface area contributed by atoms with Crippen molar-refractivity contribution in [3.05, 3.63) is 0 Å². The third kappa shape index (κ3) is 4.74. The maximum Gasteiger partial charge on any atom is 0.310 e. The minimum atomic E-state index is -0.00431. The minimum Gasteiger partial charge on any atom is -0.466 e. The van der Waals surface area contributed by atoms with Crippen LogP contribution in [0, 0.1) is 5.92 Å². The van der Waals surface area contributed by atoms with E-state index in [-0.39, 0.29) is 11.9 Å². The fourth-order valence-corrected chi connectivity index (χ4v) is 2.73. The van der Waals surface area contributed by atoms with Gasteiger partial charge in [-0.25, -0.2) is 0 Å². The summed E-state index contributed by atoms with van der Waals surface area (Å²) in [7, 11) is 0. The molecule has 4 heteroatoms. The van der Waals surface area contributed by atoms with Gasteiger partial charge in [0, 0.05) is 18.8 Å². The molecule has 0 aromatic rings. The number of rotatable bonds is 6. The number of ether oxygens (including phenoxy) is 1. The highest BCUT2D eigenvalue weighted by molar-refractivity contribution is 7.99. The molecule has 1 atom stereocenters. The van der Waals surface area contributed by atoms with E-state index in [0.717, 1.165) is 32.5 Å². The highest BCUT2D eigenvalue weighted by atomic mass is 32.2. The summed E-state index contributed by atoms with van der Waals surface area (Å²) in [6, 6.07) is 0. The number of hydrogen-bond acceptors (Lipinski definition) is 4. The van der Waals surface area contributed by atoms with E-state index < -0.39 is 0 Å². The van der Waals surface area contributed by atoms with Crippen LogP contribution in [0.25, 0.3) is 0 Å². The van der Waals surface area contributed by atoms with E-state index in [1.807, 2.05) is 18.7 Å². The van der Waals surface area contributed by atoms with Crippen molar-refractivity contribution >= 4 is 17.7 Å². The zero-order valence-corrected chi connectivity index (χ0v) is 11.2. The molecule has 1 fully saturated rings. The normalized spacial score (nSPS) is 22.0. The lowest BCUT2D eigenvalue weighted by atomic mass is 9.98. The van der Waals surface area contributed by atoms with E-state index in [1.165, 1.54) is 11.5 Å². The van der Waals surface area contributed by atoms with E-state index in [9.17, 15) is 4.79 Å². The Hall–Kier alpha value is -0.220. The molecule has 1 unspecified atom stereocenters. The van der Waals surface area contributed by atoms with Crippen molar-refractivity contribution in [2.24, 2.45) is 5.92 Å². The highest BCUT2D eigenvalue weighted by Crippen LogP contribution is 2.18. The van der Waals surface area contributed by atoms with Crippen LogP contribution in [0.2, 0.25) is 0 Å². The standard InChI is InChI=1S/C12H23NO2S/c1-3-15-12(14)11-6-5-7-13(10-11)8-9-16-4-2/h11H,3-10H2,1-2H3. The fourth-order valence-electron chi connectivity index (χ4n) is 2.05. The summed E-state index contributed by atoms with van der Waals surface area (Å²) in [5, 5.41) is 0. The third-order valence-corrected chi connectivity index (χ3v) is 3.76. The molecule has 0 aromatic carbocycles. The van der Waals surface area contributed by atoms with Gasteiger partial charge in [-0.3, -0.25) is 4.79 Å². The molecule has 0 aliphatic carbocycles. The van der Waals surface area contributed by atoms with Gasteiger partial charge in [0.15, 0.2) is 0 Å². The Labute approximate surface area is 103 Å². The highest BCUT2D eigenvalue weighted by Gasteiger charge is 2.26. The van der Waals surface area contributed by atoms with Crippen molar-refractivity contribution in [3.63, 3.8) is 0 Å². The second kappa shape index (κ2) is 7.96. The van der Waals surface area contributed by atoms with Gasteiger partial charge >= 0.3 is 5.97 Å². The second-order valence-corrected chi connectivity index (χ2v) is 5.48. The molecule has 1 aliphatic heterocycles. The number of carbonyl (C=O) groups is 1. The predicted octanol–water partition coefficient (Wildman–Crippen LogP) is 2.01. The van der Waals surface area contributed by atoms with E-state index in [2.05, 4.69) is 11.8 Å². The van der Waals surface area contributed by atoms with E-state index in [0.29, 0.717) is 6.61 Å². The Morgan fingerprint density at radius 3 is 3.00 bits per heavy atom. The average molecular weight is 245 g/mol. The van der Waals surface area contributed by atoms with Gasteiger partial charge in [-0.2, -0.15) is 11.8 Å². The zero-order valence-electron chi connectivity index (χ0n) is 10.4. The smallest absolute Gasteiger partial charge is 0.310 e. The van der Waals surface area contributed by atoms with E-state index >= 15 is 0 Å². The molecule has 1 heterocycles. The lowest BCUT2D eigenvalue weighted by Crippen LogP contribution is -2.40. The molecule has 1 aliphatic rings. The molecule has 0 saturated carbocycles. The average Bonchev–Trinajstić information content (AvgIpc) is 2.30. The van der Waals surface area contributed by atoms with Crippen LogP contribution in [0.5, 0.6) is 0 Å². The van der Waals surface area contributed by atoms with Crippen molar-refractivity contribution in [2.75, 3.05) is 37.7 Å². The van der Waals surface area contributed by atoms with Crippen LogP contribution in [-0.4, -0.2) is 48.6 Å². The molecule has 0 N–H and O–H groups in total. The first-order valence-electron chi connectivity index (χ1n) is 6.24. The SMILES string of the molecule is CCOC(=O)C1CCCN(CCSCC)C1. The van der Waals surface area contributed by atoms with Crippen molar-refractivity contribution < 1.29 is 9.53 Å². The summed E-state index contributed by atoms with van der Waals surface area (Å²) in [5.74, 6) is 2.46. The Bertz CT molecular complexity index is 211. The first-order valence-corrected chi connectivity index (χ1v) is 7.40. The van der Waals surface area contributed by atoms with Gasteiger partial charge < -0.3 is 9.64 Å². The number of thioether (sulfide) groups is 1. The molecule has 94 valence electrons. The molecule has 0 spiro atoms. The van der Waals surface area contributed by atoms with Gasteiger partial charge in [0.05, 0.1) is 12.5 Å². The zero-order chi connectivity index (χ0) is 11.8. The van der Waals surface area contributed by atoms with Crippen LogP contribution in [-0.2, 0) is 9.53 Å². The molecule has 1 rings (SSSR count). The van der Waals surface area contributed by atoms with Crippen LogP contribution < -0.4 is 0 Å². The molecule has 1 saturated heterocycles. The molecular weight excluding hydrogens is 222 g/mol. The maximum atomic E-state index is 11.6. The summed E-state index contributed by atoms with van der Waals surface area (Å²) in [4.78, 5) is 14.0. The van der Waals surface area contributed by atoms with Gasteiger partial charge in [-0.15, -0.1) is 0 Å². The summed E-state index contributed by atoms with van der Waals surface area (Å²) >= 11 is 1.96. The Morgan fingerprint density at radius 2 is 2.31 bits per heavy atom. The first-order chi connectivity index (χ1) is 7.77. The molecule has 0 aromatic heterocycles. The van der Waals surface area contributed by atoms with Gasteiger partial charge in [-0.05, 0) is 32.1 Å². The number of hydrogen-bond donors (Lipinski definition) is 0. The summed E-state index contributed by atoms with van der Waals surface area (Å²) in [5.41, 5.74) is 0. The van der Waals surface area contributed by atoms with Crippen molar-refractivity contribution in [1.29, 1.82) is 0 Å². The van der Waals surface area contributed by atoms with Gasteiger partial charge in [0.1, 0.15) is 0 Å². The maximum absolute atomic E-state index is 11.6. The molecule has 3 nitrogen and oxygen atoms in total. The molecule has 0 bridgehead atoms. The van der Waals surface area contributed by atoms with Crippen molar-refractivity contribution in [1.82, 2.24) is 4.90 Å². The number of piperidine rings is 1. The topological polar surface area (TPSA) is 29.5 Å². The van der Waals surface area contributed by atoms with Crippen LogP contribution in [0.15, 0.2) is 0 Å². The lowest BCUT2D eigenvalue weighted by molar-refractivity contribution is -0.149. The number of nitrogens with zero attached hydrogens (tertiary/aromatic N) is 1.